The van der Waals surface area contributed by atoms with Crippen molar-refractivity contribution in [3.63, 3.8) is 0 Å². The number of para-hydroxylation sites is 1. The minimum Gasteiger partial charge on any atom is -0.309 e. The topological polar surface area (TPSA) is 30.7 Å². The van der Waals surface area contributed by atoms with E-state index in [1.807, 2.05) is 24.3 Å². The zero-order valence-electron chi connectivity index (χ0n) is 31.5. The smallest absolute Gasteiger partial charge is 0.160 e. The molecule has 57 heavy (non-hydrogen) atoms. The summed E-state index contributed by atoms with van der Waals surface area (Å²) in [6.45, 7) is 2.39. The van der Waals surface area contributed by atoms with Crippen LogP contribution in [0.25, 0.3) is 83.6 Å². The van der Waals surface area contributed by atoms with Crippen molar-refractivity contribution < 1.29 is 0 Å². The van der Waals surface area contributed by atoms with E-state index in [1.165, 1.54) is 60.8 Å². The summed E-state index contributed by atoms with van der Waals surface area (Å²) in [5.74, 6) is 0.706. The van der Waals surface area contributed by atoms with Crippen LogP contribution in [0.4, 0.5) is 0 Å². The molecule has 8 aromatic carbocycles. The van der Waals surface area contributed by atoms with E-state index in [4.69, 9.17) is 9.97 Å². The Morgan fingerprint density at radius 2 is 0.965 bits per heavy atom. The summed E-state index contributed by atoms with van der Waals surface area (Å²) in [6.07, 6.45) is 0. The quantitative estimate of drug-likeness (QED) is 0.171. The van der Waals surface area contributed by atoms with Gasteiger partial charge in [0, 0.05) is 44.1 Å². The lowest BCUT2D eigenvalue weighted by atomic mass is 9.74. The Morgan fingerprint density at radius 1 is 0.421 bits per heavy atom. The molecule has 0 radical (unpaired) electrons. The van der Waals surface area contributed by atoms with Crippen LogP contribution in [0.1, 0.15) is 23.6 Å². The average Bonchev–Trinajstić information content (AvgIpc) is 3.77. The number of rotatable bonds is 6. The fourth-order valence-corrected chi connectivity index (χ4v) is 9.08. The van der Waals surface area contributed by atoms with E-state index in [9.17, 15) is 0 Å². The van der Waals surface area contributed by atoms with E-state index in [-0.39, 0.29) is 5.41 Å². The van der Waals surface area contributed by atoms with Crippen molar-refractivity contribution in [1.82, 2.24) is 14.5 Å². The Bertz CT molecular complexity index is 3090. The van der Waals surface area contributed by atoms with Crippen molar-refractivity contribution in [1.29, 1.82) is 0 Å². The van der Waals surface area contributed by atoms with Crippen LogP contribution in [0, 0.1) is 0 Å². The third-order valence-electron chi connectivity index (χ3n) is 11.9. The van der Waals surface area contributed by atoms with E-state index in [2.05, 4.69) is 193 Å². The van der Waals surface area contributed by atoms with Crippen molar-refractivity contribution in [3.05, 3.63) is 223 Å². The number of nitrogens with zero attached hydrogens (tertiary/aromatic N) is 3. The molecule has 1 aliphatic carbocycles. The number of fused-ring (bicyclic) bond motifs is 7. The van der Waals surface area contributed by atoms with Crippen molar-refractivity contribution in [2.45, 2.75) is 12.3 Å². The second kappa shape index (κ2) is 13.1. The van der Waals surface area contributed by atoms with Crippen LogP contribution in [0.3, 0.4) is 0 Å². The van der Waals surface area contributed by atoms with Crippen LogP contribution in [-0.2, 0) is 5.41 Å². The normalized spacial score (nSPS) is 14.5. The van der Waals surface area contributed by atoms with Crippen LogP contribution >= 0.6 is 0 Å². The molecule has 11 rings (SSSR count). The molecule has 0 fully saturated rings. The average molecular weight is 728 g/mol. The van der Waals surface area contributed by atoms with Gasteiger partial charge in [0.2, 0.25) is 0 Å². The summed E-state index contributed by atoms with van der Waals surface area (Å²) in [5.41, 5.74) is 17.0. The number of hydrogen-bond donors (Lipinski definition) is 0. The lowest BCUT2D eigenvalue weighted by molar-refractivity contribution is 0.714. The van der Waals surface area contributed by atoms with Gasteiger partial charge in [-0.15, -0.1) is 0 Å². The van der Waals surface area contributed by atoms with Crippen LogP contribution < -0.4 is 0 Å². The van der Waals surface area contributed by atoms with Crippen molar-refractivity contribution >= 4 is 21.8 Å². The molecule has 0 bridgehead atoms. The van der Waals surface area contributed by atoms with Gasteiger partial charge in [-0.1, -0.05) is 182 Å². The van der Waals surface area contributed by atoms with Gasteiger partial charge in [0.1, 0.15) is 0 Å². The SMILES string of the molecule is CC1(c2ccccc2)c2ccccc2-c2c1ccc1c3ccccc3n(-c3ccc(-c4cc(-c5ccc(-c6ccccc6)cc5)nc(-c5ccccc5)n4)cc3)c21. The molecule has 0 aliphatic heterocycles. The van der Waals surface area contributed by atoms with Crippen LogP contribution in [-0.4, -0.2) is 14.5 Å². The maximum absolute atomic E-state index is 5.16. The Balaban J connectivity index is 1.07. The molecule has 2 heterocycles. The molecule has 3 nitrogen and oxygen atoms in total. The first kappa shape index (κ1) is 33.0. The lowest BCUT2D eigenvalue weighted by Crippen LogP contribution is -2.22. The first-order valence-electron chi connectivity index (χ1n) is 19.6. The zero-order valence-corrected chi connectivity index (χ0v) is 31.5. The summed E-state index contributed by atoms with van der Waals surface area (Å²) in [6, 6.07) is 73.9. The highest BCUT2D eigenvalue weighted by molar-refractivity contribution is 6.15. The maximum Gasteiger partial charge on any atom is 0.160 e. The molecular formula is C54H37N3. The van der Waals surface area contributed by atoms with E-state index in [0.29, 0.717) is 5.82 Å². The highest BCUT2D eigenvalue weighted by atomic mass is 15.0. The van der Waals surface area contributed by atoms with Gasteiger partial charge in [-0.2, -0.15) is 0 Å². The summed E-state index contributed by atoms with van der Waals surface area (Å²) in [4.78, 5) is 10.3. The summed E-state index contributed by atoms with van der Waals surface area (Å²) >= 11 is 0. The first-order chi connectivity index (χ1) is 28.1. The monoisotopic (exact) mass is 727 g/mol. The number of benzene rings is 8. The highest BCUT2D eigenvalue weighted by Crippen LogP contribution is 2.55. The predicted molar refractivity (Wildman–Crippen MR) is 236 cm³/mol. The molecule has 1 aliphatic rings. The van der Waals surface area contributed by atoms with E-state index < -0.39 is 0 Å². The highest BCUT2D eigenvalue weighted by Gasteiger charge is 2.42. The number of aromatic nitrogens is 3. The Hall–Kier alpha value is -7.36. The summed E-state index contributed by atoms with van der Waals surface area (Å²) in [7, 11) is 0. The summed E-state index contributed by atoms with van der Waals surface area (Å²) < 4.78 is 2.47. The molecule has 0 amide bonds. The van der Waals surface area contributed by atoms with Gasteiger partial charge >= 0.3 is 0 Å². The van der Waals surface area contributed by atoms with Crippen LogP contribution in [0.5, 0.6) is 0 Å². The Morgan fingerprint density at radius 3 is 1.67 bits per heavy atom. The van der Waals surface area contributed by atoms with Gasteiger partial charge < -0.3 is 4.57 Å². The van der Waals surface area contributed by atoms with Crippen molar-refractivity contribution in [3.8, 4) is 61.8 Å². The van der Waals surface area contributed by atoms with Gasteiger partial charge in [-0.25, -0.2) is 9.97 Å². The molecule has 10 aromatic rings. The second-order valence-electron chi connectivity index (χ2n) is 15.1. The molecule has 1 atom stereocenters. The third-order valence-corrected chi connectivity index (χ3v) is 11.9. The van der Waals surface area contributed by atoms with E-state index in [0.717, 1.165) is 33.8 Å². The van der Waals surface area contributed by atoms with Gasteiger partial charge in [0.05, 0.1) is 22.4 Å². The van der Waals surface area contributed by atoms with Gasteiger partial charge in [-0.3, -0.25) is 0 Å². The minimum absolute atomic E-state index is 0.282. The third kappa shape index (κ3) is 5.27. The Kier molecular flexibility index (Phi) is 7.61. The molecule has 1 unspecified atom stereocenters. The van der Waals surface area contributed by atoms with Crippen molar-refractivity contribution in [2.24, 2.45) is 0 Å². The molecule has 268 valence electrons. The largest absolute Gasteiger partial charge is 0.309 e. The van der Waals surface area contributed by atoms with Gasteiger partial charge in [0.25, 0.3) is 0 Å². The van der Waals surface area contributed by atoms with Gasteiger partial charge in [0.15, 0.2) is 5.82 Å². The fourth-order valence-electron chi connectivity index (χ4n) is 9.08. The molecule has 0 N–H and O–H groups in total. The zero-order chi connectivity index (χ0) is 37.9. The minimum atomic E-state index is -0.282. The van der Waals surface area contributed by atoms with E-state index >= 15 is 0 Å². The molecule has 0 saturated heterocycles. The molecule has 0 spiro atoms. The second-order valence-corrected chi connectivity index (χ2v) is 15.1. The van der Waals surface area contributed by atoms with Gasteiger partial charge in [-0.05, 0) is 64.6 Å². The molecule has 0 saturated carbocycles. The van der Waals surface area contributed by atoms with E-state index in [1.54, 1.807) is 0 Å². The standard InChI is InChI=1S/C54H37N3/c1-54(41-19-9-4-10-20-41)46-23-13-11-22-45(46)51-47(54)34-33-44-43-21-12-14-24-50(43)57(52(44)51)42-31-29-39(30-32-42)49-35-48(55-53(56-49)40-17-7-3-8-18-40)38-27-25-37(26-28-38)36-15-5-2-6-16-36/h2-35H,1H3. The molecule has 3 heteroatoms. The van der Waals surface area contributed by atoms with Crippen LogP contribution in [0.2, 0.25) is 0 Å². The number of hydrogen-bond acceptors (Lipinski definition) is 2. The van der Waals surface area contributed by atoms with Crippen LogP contribution in [0.15, 0.2) is 206 Å². The maximum atomic E-state index is 5.16. The first-order valence-corrected chi connectivity index (χ1v) is 19.6. The Labute approximate surface area is 332 Å². The van der Waals surface area contributed by atoms with Crippen molar-refractivity contribution in [2.75, 3.05) is 0 Å². The lowest BCUT2D eigenvalue weighted by Gasteiger charge is -2.28. The molecule has 2 aromatic heterocycles. The molecular weight excluding hydrogens is 691 g/mol. The summed E-state index contributed by atoms with van der Waals surface area (Å²) in [5, 5.41) is 2.50. The predicted octanol–water partition coefficient (Wildman–Crippen LogP) is 13.6. The fraction of sp³-hybridized carbons (Fsp3) is 0.0370.